The van der Waals surface area contributed by atoms with E-state index in [1.807, 2.05) is 0 Å². The van der Waals surface area contributed by atoms with E-state index in [-0.39, 0.29) is 0 Å². The summed E-state index contributed by atoms with van der Waals surface area (Å²) in [5.74, 6) is 0. The number of hydrogen-bond acceptors (Lipinski definition) is 0. The Morgan fingerprint density at radius 3 is 2.00 bits per heavy atom. The number of para-hydroxylation sites is 3. The number of fused-ring (bicyclic) bond motifs is 14. The van der Waals surface area contributed by atoms with Crippen LogP contribution in [-0.4, -0.2) is 9.55 Å². The normalized spacial score (nSPS) is 12.2. The predicted molar refractivity (Wildman–Crippen MR) is 163 cm³/mol. The molecule has 0 atom stereocenters. The summed E-state index contributed by atoms with van der Waals surface area (Å²) in [6, 6.07) is 46.3. The fourth-order valence-corrected chi connectivity index (χ4v) is 6.74. The Hall–Kier alpha value is -5.08. The molecule has 0 bridgehead atoms. The van der Waals surface area contributed by atoms with E-state index in [1.165, 1.54) is 81.6 Å². The summed E-state index contributed by atoms with van der Waals surface area (Å²) < 4.78 is 2.44. The number of hydrogen-bond donors (Lipinski definition) is 1. The zero-order valence-electron chi connectivity index (χ0n) is 20.6. The number of nitrogens with zero attached hydrogens (tertiary/aromatic N) is 1. The molecule has 0 aliphatic rings. The van der Waals surface area contributed by atoms with Crippen LogP contribution in [0.3, 0.4) is 0 Å². The molecule has 38 heavy (non-hydrogen) atoms. The number of aromatic nitrogens is 2. The zero-order valence-corrected chi connectivity index (χ0v) is 20.6. The second-order valence-corrected chi connectivity index (χ2v) is 10.2. The molecule has 2 heteroatoms. The zero-order chi connectivity index (χ0) is 24.8. The number of aromatic amines is 1. The van der Waals surface area contributed by atoms with Gasteiger partial charge < -0.3 is 9.55 Å². The molecular weight excluding hydrogens is 460 g/mol. The number of nitrogens with one attached hydrogen (secondary N) is 1. The second-order valence-electron chi connectivity index (χ2n) is 10.2. The molecule has 2 nitrogen and oxygen atoms in total. The van der Waals surface area contributed by atoms with Crippen molar-refractivity contribution < 1.29 is 0 Å². The van der Waals surface area contributed by atoms with E-state index < -0.39 is 0 Å². The molecule has 2 aromatic heterocycles. The van der Waals surface area contributed by atoms with E-state index >= 15 is 0 Å². The van der Waals surface area contributed by atoms with E-state index in [9.17, 15) is 0 Å². The SMILES string of the molecule is c1ccc(-n2c3ccccc3c3c4ccc5c6ccccc6ccc5c4c4c5ccccc5[nH]c4c32)cc1. The third-order valence-corrected chi connectivity index (χ3v) is 8.28. The van der Waals surface area contributed by atoms with E-state index in [4.69, 9.17) is 0 Å². The van der Waals surface area contributed by atoms with Gasteiger partial charge >= 0.3 is 0 Å². The number of benzene rings is 7. The maximum atomic E-state index is 3.87. The van der Waals surface area contributed by atoms with E-state index in [2.05, 4.69) is 137 Å². The van der Waals surface area contributed by atoms with Crippen LogP contribution in [-0.2, 0) is 0 Å². The fraction of sp³-hybridized carbons (Fsp3) is 0. The van der Waals surface area contributed by atoms with Gasteiger partial charge in [-0.2, -0.15) is 0 Å². The Morgan fingerprint density at radius 2 is 1.11 bits per heavy atom. The molecule has 0 aliphatic carbocycles. The van der Waals surface area contributed by atoms with Crippen molar-refractivity contribution in [1.82, 2.24) is 9.55 Å². The highest BCUT2D eigenvalue weighted by molar-refractivity contribution is 6.40. The van der Waals surface area contributed by atoms with Crippen molar-refractivity contribution in [2.45, 2.75) is 0 Å². The van der Waals surface area contributed by atoms with Crippen molar-refractivity contribution in [3.8, 4) is 5.69 Å². The Bertz CT molecular complexity index is 2390. The van der Waals surface area contributed by atoms with Crippen LogP contribution >= 0.6 is 0 Å². The number of rotatable bonds is 1. The topological polar surface area (TPSA) is 20.7 Å². The molecule has 9 aromatic rings. The van der Waals surface area contributed by atoms with Gasteiger partial charge in [0.05, 0.1) is 16.6 Å². The molecule has 0 aliphatic heterocycles. The van der Waals surface area contributed by atoms with Crippen LogP contribution < -0.4 is 0 Å². The summed E-state index contributed by atoms with van der Waals surface area (Å²) in [7, 11) is 0. The molecule has 7 aromatic carbocycles. The first-order valence-electron chi connectivity index (χ1n) is 13.1. The van der Waals surface area contributed by atoms with Gasteiger partial charge in [0, 0.05) is 38.1 Å². The molecular formula is C36H22N2. The van der Waals surface area contributed by atoms with Crippen LogP contribution in [0.1, 0.15) is 0 Å². The second kappa shape index (κ2) is 7.24. The minimum atomic E-state index is 1.17. The molecule has 0 spiro atoms. The lowest BCUT2D eigenvalue weighted by Crippen LogP contribution is -1.94. The number of H-pyrrole nitrogens is 1. The van der Waals surface area contributed by atoms with Gasteiger partial charge in [-0.25, -0.2) is 0 Å². The average Bonchev–Trinajstić information content (AvgIpc) is 3.54. The van der Waals surface area contributed by atoms with Gasteiger partial charge in [-0.3, -0.25) is 0 Å². The minimum absolute atomic E-state index is 1.17. The highest BCUT2D eigenvalue weighted by atomic mass is 15.0. The summed E-state index contributed by atoms with van der Waals surface area (Å²) in [4.78, 5) is 3.87. The standard InChI is InChI=1S/C36H22N2/c1-2-11-23(12-3-1)38-31-17-9-7-15-28(31)33-29-21-20-25-24-13-5-4-10-22(24)18-19-26(25)32(29)34-27-14-6-8-16-30(27)37-35(34)36(33)38/h1-21,37H. The van der Waals surface area contributed by atoms with Gasteiger partial charge in [0.2, 0.25) is 0 Å². The maximum Gasteiger partial charge on any atom is 0.0789 e. The Labute approximate surface area is 218 Å². The average molecular weight is 483 g/mol. The van der Waals surface area contributed by atoms with Gasteiger partial charge in [-0.15, -0.1) is 0 Å². The van der Waals surface area contributed by atoms with Crippen LogP contribution in [0.25, 0.3) is 81.6 Å². The van der Waals surface area contributed by atoms with Crippen molar-refractivity contribution in [3.63, 3.8) is 0 Å². The molecule has 0 saturated heterocycles. The van der Waals surface area contributed by atoms with Crippen molar-refractivity contribution in [1.29, 1.82) is 0 Å². The third kappa shape index (κ3) is 2.47. The Kier molecular flexibility index (Phi) is 3.82. The van der Waals surface area contributed by atoms with Crippen LogP contribution in [0, 0.1) is 0 Å². The maximum absolute atomic E-state index is 3.87. The minimum Gasteiger partial charge on any atom is -0.353 e. The molecule has 0 radical (unpaired) electrons. The lowest BCUT2D eigenvalue weighted by Gasteiger charge is -2.13. The first-order chi connectivity index (χ1) is 18.9. The van der Waals surface area contributed by atoms with Crippen LogP contribution in [0.2, 0.25) is 0 Å². The molecule has 1 N–H and O–H groups in total. The van der Waals surface area contributed by atoms with Gasteiger partial charge in [0.1, 0.15) is 0 Å². The smallest absolute Gasteiger partial charge is 0.0789 e. The van der Waals surface area contributed by atoms with E-state index in [0.29, 0.717) is 0 Å². The fourth-order valence-electron chi connectivity index (χ4n) is 6.74. The van der Waals surface area contributed by atoms with Crippen LogP contribution in [0.15, 0.2) is 127 Å². The van der Waals surface area contributed by atoms with Gasteiger partial charge in [0.15, 0.2) is 0 Å². The lowest BCUT2D eigenvalue weighted by molar-refractivity contribution is 1.18. The van der Waals surface area contributed by atoms with Gasteiger partial charge in [-0.1, -0.05) is 103 Å². The summed E-state index contributed by atoms with van der Waals surface area (Å²) in [5.41, 5.74) is 5.98. The van der Waals surface area contributed by atoms with Gasteiger partial charge in [0.25, 0.3) is 0 Å². The van der Waals surface area contributed by atoms with E-state index in [0.717, 1.165) is 0 Å². The Balaban J connectivity index is 1.65. The summed E-state index contributed by atoms with van der Waals surface area (Å²) >= 11 is 0. The molecule has 0 unspecified atom stereocenters. The highest BCUT2D eigenvalue weighted by Crippen LogP contribution is 2.46. The van der Waals surface area contributed by atoms with E-state index in [1.54, 1.807) is 0 Å². The first kappa shape index (κ1) is 20.0. The highest BCUT2D eigenvalue weighted by Gasteiger charge is 2.22. The molecule has 2 heterocycles. The summed E-state index contributed by atoms with van der Waals surface area (Å²) in [6.45, 7) is 0. The Morgan fingerprint density at radius 1 is 0.421 bits per heavy atom. The monoisotopic (exact) mass is 482 g/mol. The van der Waals surface area contributed by atoms with Crippen molar-refractivity contribution in [3.05, 3.63) is 127 Å². The molecule has 176 valence electrons. The van der Waals surface area contributed by atoms with Gasteiger partial charge in [-0.05, 0) is 51.2 Å². The quantitative estimate of drug-likeness (QED) is 0.225. The van der Waals surface area contributed by atoms with Crippen molar-refractivity contribution >= 4 is 75.9 Å². The molecule has 0 saturated carbocycles. The molecule has 0 amide bonds. The lowest BCUT2D eigenvalue weighted by atomic mass is 9.92. The predicted octanol–water partition coefficient (Wildman–Crippen LogP) is 9.88. The van der Waals surface area contributed by atoms with Crippen LogP contribution in [0.5, 0.6) is 0 Å². The largest absolute Gasteiger partial charge is 0.353 e. The van der Waals surface area contributed by atoms with Crippen molar-refractivity contribution in [2.75, 3.05) is 0 Å². The van der Waals surface area contributed by atoms with Crippen molar-refractivity contribution in [2.24, 2.45) is 0 Å². The summed E-state index contributed by atoms with van der Waals surface area (Å²) in [6.07, 6.45) is 0. The first-order valence-corrected chi connectivity index (χ1v) is 13.1. The molecule has 9 rings (SSSR count). The molecule has 0 fully saturated rings. The van der Waals surface area contributed by atoms with Crippen LogP contribution in [0.4, 0.5) is 0 Å². The summed E-state index contributed by atoms with van der Waals surface area (Å²) in [5, 5.41) is 12.9. The third-order valence-electron chi connectivity index (χ3n) is 8.28.